The molecule has 2 fully saturated rings. The Bertz CT molecular complexity index is 1530. The number of halogens is 1. The van der Waals surface area contributed by atoms with Crippen LogP contribution in [0.1, 0.15) is 42.2 Å². The molecule has 0 spiro atoms. The van der Waals surface area contributed by atoms with Gasteiger partial charge in [0.25, 0.3) is 0 Å². The second-order valence-electron chi connectivity index (χ2n) is 10.9. The lowest BCUT2D eigenvalue weighted by Crippen LogP contribution is -2.24. The number of methoxy groups -OCH3 is 1. The zero-order valence-corrected chi connectivity index (χ0v) is 23.7. The Morgan fingerprint density at radius 3 is 2.64 bits per heavy atom. The number of hydroxylamine groups is 2. The number of pyridine rings is 1. The van der Waals surface area contributed by atoms with Crippen LogP contribution in [0, 0.1) is 18.8 Å². The van der Waals surface area contributed by atoms with Gasteiger partial charge in [0, 0.05) is 69.2 Å². The highest BCUT2D eigenvalue weighted by Crippen LogP contribution is 2.37. The molecule has 42 heavy (non-hydrogen) atoms. The van der Waals surface area contributed by atoms with Gasteiger partial charge < -0.3 is 10.1 Å². The third-order valence-corrected chi connectivity index (χ3v) is 7.69. The van der Waals surface area contributed by atoms with Crippen molar-refractivity contribution in [1.82, 2.24) is 29.8 Å². The fraction of sp³-hybridized carbons (Fsp3) is 0.387. The van der Waals surface area contributed by atoms with Gasteiger partial charge in [0.15, 0.2) is 0 Å². The molecule has 2 aliphatic rings. The normalized spacial score (nSPS) is 18.8. The standard InChI is InChI=1S/C31H34FN7O3/c1-20-27(16-26(40)14-22-19-38(12-13-41-2)42-30(22)21-10-11-33-28(32)15-21)39(25-6-4-3-5-7-25)37-29(20)23-17-34-31(35-18-23)36-24-8-9-24/h3-7,10-11,15,17-18,22,24,30H,8-9,12-14,16,19H2,1-2H3,(H,34,35,36)/t22-,30+/m1/s1. The van der Waals surface area contributed by atoms with Crippen LogP contribution >= 0.6 is 0 Å². The molecule has 1 saturated heterocycles. The number of benzene rings is 1. The van der Waals surface area contributed by atoms with Crippen LogP contribution in [0.15, 0.2) is 61.1 Å². The molecule has 1 aliphatic heterocycles. The topological polar surface area (TPSA) is 107 Å². The monoisotopic (exact) mass is 571 g/mol. The molecule has 3 aromatic heterocycles. The maximum absolute atomic E-state index is 14.0. The fourth-order valence-corrected chi connectivity index (χ4v) is 5.36. The van der Waals surface area contributed by atoms with E-state index in [1.807, 2.05) is 41.9 Å². The molecule has 0 unspecified atom stereocenters. The number of aromatic nitrogens is 5. The quantitative estimate of drug-likeness (QED) is 0.246. The van der Waals surface area contributed by atoms with E-state index in [1.54, 1.807) is 30.6 Å². The van der Waals surface area contributed by atoms with Crippen molar-refractivity contribution in [3.8, 4) is 16.9 Å². The Morgan fingerprint density at radius 1 is 1.14 bits per heavy atom. The summed E-state index contributed by atoms with van der Waals surface area (Å²) in [4.78, 5) is 32.5. The largest absolute Gasteiger partial charge is 0.383 e. The first kappa shape index (κ1) is 28.1. The van der Waals surface area contributed by atoms with Crippen molar-refractivity contribution < 1.29 is 18.8 Å². The maximum atomic E-state index is 14.0. The number of hydrogen-bond acceptors (Lipinski definition) is 9. The van der Waals surface area contributed by atoms with Gasteiger partial charge in [-0.1, -0.05) is 18.2 Å². The average molecular weight is 572 g/mol. The first-order valence-corrected chi connectivity index (χ1v) is 14.2. The summed E-state index contributed by atoms with van der Waals surface area (Å²) in [5.41, 5.74) is 4.75. The third kappa shape index (κ3) is 6.38. The summed E-state index contributed by atoms with van der Waals surface area (Å²) < 4.78 is 21.0. The smallest absolute Gasteiger partial charge is 0.222 e. The number of carbonyl (C=O) groups is 1. The number of hydrogen-bond donors (Lipinski definition) is 1. The minimum absolute atomic E-state index is 0.0451. The van der Waals surface area contributed by atoms with Crippen LogP contribution in [0.3, 0.4) is 0 Å². The minimum Gasteiger partial charge on any atom is -0.383 e. The lowest BCUT2D eigenvalue weighted by molar-refractivity contribution is -0.155. The summed E-state index contributed by atoms with van der Waals surface area (Å²) in [5.74, 6) is -0.0851. The molecule has 4 heterocycles. The van der Waals surface area contributed by atoms with Gasteiger partial charge in [-0.3, -0.25) is 9.63 Å². The van der Waals surface area contributed by atoms with E-state index in [0.717, 1.165) is 41.0 Å². The zero-order chi connectivity index (χ0) is 29.1. The Kier molecular flexibility index (Phi) is 8.31. The van der Waals surface area contributed by atoms with Crippen molar-refractivity contribution in [1.29, 1.82) is 0 Å². The lowest BCUT2D eigenvalue weighted by Gasteiger charge is -2.17. The summed E-state index contributed by atoms with van der Waals surface area (Å²) in [6.45, 7) is 3.54. The number of nitrogens with one attached hydrogen (secondary N) is 1. The van der Waals surface area contributed by atoms with Gasteiger partial charge in [-0.25, -0.2) is 19.6 Å². The lowest BCUT2D eigenvalue weighted by atomic mass is 9.91. The SMILES string of the molecule is COCCN1C[C@@H](CC(=O)Cc2c(C)c(-c3cnc(NC4CC4)nc3)nn2-c2ccccc2)[C@H](c2ccnc(F)c2)O1. The summed E-state index contributed by atoms with van der Waals surface area (Å²) >= 11 is 0. The van der Waals surface area contributed by atoms with Crippen molar-refractivity contribution in [3.63, 3.8) is 0 Å². The summed E-state index contributed by atoms with van der Waals surface area (Å²) in [7, 11) is 1.63. The van der Waals surface area contributed by atoms with E-state index < -0.39 is 12.1 Å². The first-order valence-electron chi connectivity index (χ1n) is 14.2. The van der Waals surface area contributed by atoms with Gasteiger partial charge in [0.1, 0.15) is 11.9 Å². The predicted molar refractivity (Wildman–Crippen MR) is 154 cm³/mol. The molecule has 1 aromatic carbocycles. The number of Topliss-reactive ketones (excluding diaryl/α,β-unsaturated/α-hetero) is 1. The van der Waals surface area contributed by atoms with Crippen LogP contribution in [0.2, 0.25) is 0 Å². The van der Waals surface area contributed by atoms with Gasteiger partial charge in [0.05, 0.1) is 23.7 Å². The molecule has 10 nitrogen and oxygen atoms in total. The average Bonchev–Trinajstić information content (AvgIpc) is 3.64. The van der Waals surface area contributed by atoms with Crippen molar-refractivity contribution in [2.24, 2.45) is 5.92 Å². The van der Waals surface area contributed by atoms with Crippen LogP contribution in [0.25, 0.3) is 16.9 Å². The highest BCUT2D eigenvalue weighted by molar-refractivity contribution is 5.82. The van der Waals surface area contributed by atoms with E-state index in [4.69, 9.17) is 14.7 Å². The Hall–Kier alpha value is -4.06. The Balaban J connectivity index is 1.25. The molecule has 218 valence electrons. The second-order valence-corrected chi connectivity index (χ2v) is 10.9. The van der Waals surface area contributed by atoms with Crippen molar-refractivity contribution >= 4 is 11.7 Å². The van der Waals surface area contributed by atoms with Gasteiger partial charge >= 0.3 is 0 Å². The summed E-state index contributed by atoms with van der Waals surface area (Å²) in [5, 5.41) is 10.0. The highest BCUT2D eigenvalue weighted by atomic mass is 19.1. The molecule has 0 amide bonds. The number of anilines is 1. The van der Waals surface area contributed by atoms with E-state index in [-0.39, 0.29) is 24.5 Å². The van der Waals surface area contributed by atoms with Gasteiger partial charge in [-0.2, -0.15) is 14.6 Å². The molecule has 0 radical (unpaired) electrons. The number of ketones is 1. The predicted octanol–water partition coefficient (Wildman–Crippen LogP) is 4.50. The summed E-state index contributed by atoms with van der Waals surface area (Å²) in [6, 6.07) is 13.3. The maximum Gasteiger partial charge on any atom is 0.222 e. The van der Waals surface area contributed by atoms with Gasteiger partial charge in [-0.15, -0.1) is 0 Å². The van der Waals surface area contributed by atoms with Crippen LogP contribution in [0.5, 0.6) is 0 Å². The van der Waals surface area contributed by atoms with Crippen molar-refractivity contribution in [2.75, 3.05) is 32.1 Å². The first-order chi connectivity index (χ1) is 20.5. The molecule has 1 saturated carbocycles. The minimum atomic E-state index is -0.577. The van der Waals surface area contributed by atoms with Crippen LogP contribution in [-0.4, -0.2) is 68.4 Å². The van der Waals surface area contributed by atoms with Crippen LogP contribution in [-0.2, 0) is 20.8 Å². The molecule has 4 aromatic rings. The number of para-hydroxylation sites is 1. The molecular formula is C31H34FN7O3. The Labute approximate surface area is 243 Å². The van der Waals surface area contributed by atoms with E-state index in [0.29, 0.717) is 37.3 Å². The van der Waals surface area contributed by atoms with Crippen LogP contribution < -0.4 is 5.32 Å². The molecule has 1 aliphatic carbocycles. The number of nitrogens with zero attached hydrogens (tertiary/aromatic N) is 6. The molecule has 0 bridgehead atoms. The molecule has 1 N–H and O–H groups in total. The highest BCUT2D eigenvalue weighted by Gasteiger charge is 2.37. The second kappa shape index (κ2) is 12.4. The van der Waals surface area contributed by atoms with Crippen molar-refractivity contribution in [2.45, 2.75) is 44.8 Å². The van der Waals surface area contributed by atoms with Crippen molar-refractivity contribution in [3.05, 3.63) is 83.8 Å². The van der Waals surface area contributed by atoms with E-state index in [2.05, 4.69) is 20.3 Å². The number of rotatable bonds is 12. The van der Waals surface area contributed by atoms with E-state index in [1.165, 1.54) is 12.3 Å². The van der Waals surface area contributed by atoms with Crippen LogP contribution in [0.4, 0.5) is 10.3 Å². The van der Waals surface area contributed by atoms with Gasteiger partial charge in [-0.05, 0) is 55.2 Å². The van der Waals surface area contributed by atoms with E-state index >= 15 is 0 Å². The zero-order valence-electron chi connectivity index (χ0n) is 23.7. The number of ether oxygens (including phenoxy) is 1. The molecule has 2 atom stereocenters. The molecular weight excluding hydrogens is 537 g/mol. The van der Waals surface area contributed by atoms with Gasteiger partial charge in [0.2, 0.25) is 11.9 Å². The number of carbonyl (C=O) groups excluding carboxylic acids is 1. The molecule has 6 rings (SSSR count). The van der Waals surface area contributed by atoms with E-state index in [9.17, 15) is 9.18 Å². The summed E-state index contributed by atoms with van der Waals surface area (Å²) in [6.07, 6.45) is 7.24. The molecule has 11 heteroatoms. The third-order valence-electron chi connectivity index (χ3n) is 7.69. The fourth-order valence-electron chi connectivity index (χ4n) is 5.36. The Morgan fingerprint density at radius 2 is 1.93 bits per heavy atom.